The molecule has 0 amide bonds. The van der Waals surface area contributed by atoms with Crippen molar-refractivity contribution in [2.24, 2.45) is 0 Å². The van der Waals surface area contributed by atoms with Crippen LogP contribution in [-0.2, 0) is 16.4 Å². The Kier molecular flexibility index (Phi) is 5.06. The molecule has 1 aliphatic heterocycles. The number of carbonyl (C=O) groups excluding carboxylic acids is 1. The topological polar surface area (TPSA) is 54.5 Å². The molecular weight excluding hydrogens is 334 g/mol. The van der Waals surface area contributed by atoms with E-state index in [9.17, 15) is 13.2 Å². The predicted molar refractivity (Wildman–Crippen MR) is 98.2 cm³/mol. The van der Waals surface area contributed by atoms with Crippen LogP contribution in [0.15, 0.2) is 53.4 Å². The Morgan fingerprint density at radius 3 is 2.32 bits per heavy atom. The van der Waals surface area contributed by atoms with E-state index in [1.54, 1.807) is 23.4 Å². The summed E-state index contributed by atoms with van der Waals surface area (Å²) in [5, 5.41) is 0. The third kappa shape index (κ3) is 3.83. The summed E-state index contributed by atoms with van der Waals surface area (Å²) in [4.78, 5) is 11.7. The first-order valence-corrected chi connectivity index (χ1v) is 10.0. The molecule has 0 N–H and O–H groups in total. The molecule has 25 heavy (non-hydrogen) atoms. The Labute approximate surface area is 149 Å². The molecule has 0 spiro atoms. The van der Waals surface area contributed by atoms with Crippen molar-refractivity contribution in [3.63, 3.8) is 0 Å². The minimum absolute atomic E-state index is 0.0329. The highest BCUT2D eigenvalue weighted by Crippen LogP contribution is 2.28. The first kappa shape index (κ1) is 17.8. The maximum Gasteiger partial charge on any atom is 0.243 e. The smallest absolute Gasteiger partial charge is 0.243 e. The van der Waals surface area contributed by atoms with Crippen molar-refractivity contribution in [3.8, 4) is 0 Å². The molecule has 5 heteroatoms. The monoisotopic (exact) mass is 357 g/mol. The maximum absolute atomic E-state index is 13.0. The van der Waals surface area contributed by atoms with Gasteiger partial charge in [-0.1, -0.05) is 42.0 Å². The molecule has 2 aromatic carbocycles. The van der Waals surface area contributed by atoms with E-state index in [4.69, 9.17) is 0 Å². The number of aryl methyl sites for hydroxylation is 1. The number of ketones is 1. The maximum atomic E-state index is 13.0. The minimum atomic E-state index is -3.47. The second-order valence-corrected chi connectivity index (χ2v) is 8.57. The number of hydrogen-bond acceptors (Lipinski definition) is 3. The second kappa shape index (κ2) is 7.10. The minimum Gasteiger partial charge on any atom is -0.295 e. The quantitative estimate of drug-likeness (QED) is 0.769. The summed E-state index contributed by atoms with van der Waals surface area (Å²) in [5.74, 6) is 0.0380. The van der Waals surface area contributed by atoms with Gasteiger partial charge in [-0.15, -0.1) is 0 Å². The van der Waals surface area contributed by atoms with Crippen LogP contribution in [0.4, 0.5) is 0 Å². The number of nitrogens with zero attached hydrogens (tertiary/aromatic N) is 1. The van der Waals surface area contributed by atoms with E-state index in [-0.39, 0.29) is 11.8 Å². The van der Waals surface area contributed by atoms with E-state index >= 15 is 0 Å². The van der Waals surface area contributed by atoms with Crippen molar-refractivity contribution in [2.75, 3.05) is 6.54 Å². The molecule has 0 bridgehead atoms. The van der Waals surface area contributed by atoms with E-state index < -0.39 is 10.0 Å². The molecule has 3 rings (SSSR count). The number of sulfonamides is 1. The van der Waals surface area contributed by atoms with Crippen molar-refractivity contribution >= 4 is 15.8 Å². The van der Waals surface area contributed by atoms with Crippen LogP contribution in [0.2, 0.25) is 0 Å². The molecule has 0 aliphatic carbocycles. The van der Waals surface area contributed by atoms with Gasteiger partial charge in [0.05, 0.1) is 4.90 Å². The fraction of sp³-hybridized carbons (Fsp3) is 0.350. The molecule has 0 radical (unpaired) electrons. The zero-order valence-electron chi connectivity index (χ0n) is 14.6. The van der Waals surface area contributed by atoms with Gasteiger partial charge in [-0.25, -0.2) is 8.42 Å². The zero-order chi connectivity index (χ0) is 18.0. The molecule has 132 valence electrons. The Hall–Kier alpha value is -1.98. The lowest BCUT2D eigenvalue weighted by Gasteiger charge is -2.24. The van der Waals surface area contributed by atoms with Gasteiger partial charge in [-0.05, 0) is 50.8 Å². The summed E-state index contributed by atoms with van der Waals surface area (Å²) < 4.78 is 27.6. The lowest BCUT2D eigenvalue weighted by atomic mass is 10.0. The molecule has 0 aromatic heterocycles. The molecule has 0 saturated carbocycles. The van der Waals surface area contributed by atoms with Crippen LogP contribution >= 0.6 is 0 Å². The van der Waals surface area contributed by atoms with E-state index in [2.05, 4.69) is 0 Å². The van der Waals surface area contributed by atoms with Gasteiger partial charge >= 0.3 is 0 Å². The SMILES string of the molecule is CC(=O)c1ccc(CC2CCCN2S(=O)(=O)c2ccc(C)cc2)cc1. The predicted octanol–water partition coefficient (Wildman–Crippen LogP) is 3.59. The highest BCUT2D eigenvalue weighted by Gasteiger charge is 2.35. The van der Waals surface area contributed by atoms with Crippen LogP contribution < -0.4 is 0 Å². The standard InChI is InChI=1S/C20H23NO3S/c1-15-5-11-20(12-6-15)25(23,24)21-13-3-4-19(21)14-17-7-9-18(10-8-17)16(2)22/h5-12,19H,3-4,13-14H2,1-2H3. The van der Waals surface area contributed by atoms with Gasteiger partial charge in [0.1, 0.15) is 0 Å². The van der Waals surface area contributed by atoms with Gasteiger partial charge in [-0.2, -0.15) is 4.31 Å². The molecule has 1 saturated heterocycles. The number of Topliss-reactive ketones (excluding diaryl/α,β-unsaturated/α-hetero) is 1. The van der Waals surface area contributed by atoms with Crippen LogP contribution in [0, 0.1) is 6.92 Å². The summed E-state index contributed by atoms with van der Waals surface area (Å²) in [6.45, 7) is 4.05. The van der Waals surface area contributed by atoms with Gasteiger partial charge in [0.15, 0.2) is 5.78 Å². The molecule has 1 heterocycles. The highest BCUT2D eigenvalue weighted by atomic mass is 32.2. The van der Waals surface area contributed by atoms with Crippen LogP contribution in [0.25, 0.3) is 0 Å². The highest BCUT2D eigenvalue weighted by molar-refractivity contribution is 7.89. The Morgan fingerprint density at radius 2 is 1.72 bits per heavy atom. The van der Waals surface area contributed by atoms with Gasteiger partial charge in [0.25, 0.3) is 0 Å². The molecule has 1 atom stereocenters. The van der Waals surface area contributed by atoms with Crippen molar-refractivity contribution in [1.29, 1.82) is 0 Å². The number of hydrogen-bond donors (Lipinski definition) is 0. The molecule has 1 unspecified atom stereocenters. The van der Waals surface area contributed by atoms with Crippen LogP contribution in [-0.4, -0.2) is 31.1 Å². The molecule has 1 aliphatic rings. The fourth-order valence-corrected chi connectivity index (χ4v) is 5.02. The molecular formula is C20H23NO3S. The van der Waals surface area contributed by atoms with Gasteiger partial charge in [0, 0.05) is 18.2 Å². The van der Waals surface area contributed by atoms with Gasteiger partial charge in [0.2, 0.25) is 10.0 Å². The van der Waals surface area contributed by atoms with Crippen LogP contribution in [0.5, 0.6) is 0 Å². The summed E-state index contributed by atoms with van der Waals surface area (Å²) in [5.41, 5.74) is 2.78. The van der Waals surface area contributed by atoms with Crippen molar-refractivity contribution in [3.05, 3.63) is 65.2 Å². The number of carbonyl (C=O) groups is 1. The Morgan fingerprint density at radius 1 is 1.08 bits per heavy atom. The summed E-state index contributed by atoms with van der Waals surface area (Å²) in [7, 11) is -3.47. The zero-order valence-corrected chi connectivity index (χ0v) is 15.4. The lowest BCUT2D eigenvalue weighted by Crippen LogP contribution is -2.36. The lowest BCUT2D eigenvalue weighted by molar-refractivity contribution is 0.101. The average Bonchev–Trinajstić information content (AvgIpc) is 3.05. The first-order chi connectivity index (χ1) is 11.9. The summed E-state index contributed by atoms with van der Waals surface area (Å²) >= 11 is 0. The van der Waals surface area contributed by atoms with E-state index in [0.29, 0.717) is 23.4 Å². The summed E-state index contributed by atoms with van der Waals surface area (Å²) in [6.07, 6.45) is 2.41. The third-order valence-corrected chi connectivity index (χ3v) is 6.75. The molecule has 2 aromatic rings. The van der Waals surface area contributed by atoms with Crippen LogP contribution in [0.3, 0.4) is 0 Å². The van der Waals surface area contributed by atoms with Gasteiger partial charge < -0.3 is 0 Å². The Balaban J connectivity index is 1.80. The summed E-state index contributed by atoms with van der Waals surface area (Å²) in [6, 6.07) is 14.5. The molecule has 1 fully saturated rings. The van der Waals surface area contributed by atoms with E-state index in [1.165, 1.54) is 0 Å². The third-order valence-electron chi connectivity index (χ3n) is 4.78. The second-order valence-electron chi connectivity index (χ2n) is 6.68. The Bertz CT molecular complexity index is 855. The van der Waals surface area contributed by atoms with Gasteiger partial charge in [-0.3, -0.25) is 4.79 Å². The van der Waals surface area contributed by atoms with Crippen molar-refractivity contribution in [2.45, 2.75) is 44.0 Å². The van der Waals surface area contributed by atoms with Crippen molar-refractivity contribution in [1.82, 2.24) is 4.31 Å². The largest absolute Gasteiger partial charge is 0.295 e. The van der Waals surface area contributed by atoms with Crippen molar-refractivity contribution < 1.29 is 13.2 Å². The number of benzene rings is 2. The average molecular weight is 357 g/mol. The van der Waals surface area contributed by atoms with E-state index in [1.807, 2.05) is 43.3 Å². The first-order valence-electron chi connectivity index (χ1n) is 8.56. The fourth-order valence-electron chi connectivity index (χ4n) is 3.32. The normalized spacial score (nSPS) is 18.4. The van der Waals surface area contributed by atoms with Crippen LogP contribution in [0.1, 0.15) is 41.3 Å². The number of rotatable bonds is 5. The van der Waals surface area contributed by atoms with E-state index in [0.717, 1.165) is 24.0 Å². The molecule has 4 nitrogen and oxygen atoms in total.